The predicted octanol–water partition coefficient (Wildman–Crippen LogP) is 1.69. The van der Waals surface area contributed by atoms with E-state index in [1.54, 1.807) is 17.8 Å². The van der Waals surface area contributed by atoms with Gasteiger partial charge in [0.1, 0.15) is 6.10 Å². The van der Waals surface area contributed by atoms with Crippen LogP contribution in [-0.4, -0.2) is 28.2 Å². The highest BCUT2D eigenvalue weighted by molar-refractivity contribution is 8.00. The van der Waals surface area contributed by atoms with Crippen LogP contribution in [0.1, 0.15) is 13.3 Å². The number of thioether (sulfide) groups is 1. The highest BCUT2D eigenvalue weighted by atomic mass is 35.5. The summed E-state index contributed by atoms with van der Waals surface area (Å²) in [6.45, 7) is 5.53. The third-order valence-electron chi connectivity index (χ3n) is 2.40. The zero-order valence-corrected chi connectivity index (χ0v) is 11.7. The van der Waals surface area contributed by atoms with Gasteiger partial charge in [0.25, 0.3) is 5.91 Å². The Labute approximate surface area is 116 Å². The number of hydrogen-bond acceptors (Lipinski definition) is 4. The minimum atomic E-state index is -0.934. The van der Waals surface area contributed by atoms with Crippen LogP contribution in [0.15, 0.2) is 35.4 Å². The molecule has 1 fully saturated rings. The third kappa shape index (κ3) is 5.27. The van der Waals surface area contributed by atoms with Gasteiger partial charge in [0, 0.05) is 17.2 Å². The van der Waals surface area contributed by atoms with Gasteiger partial charge in [-0.3, -0.25) is 10.2 Å². The maximum atomic E-state index is 11.0. The van der Waals surface area contributed by atoms with E-state index >= 15 is 0 Å². The molecule has 1 aliphatic heterocycles. The molecule has 1 saturated heterocycles. The lowest BCUT2D eigenvalue weighted by molar-refractivity contribution is -0.133. The van der Waals surface area contributed by atoms with E-state index < -0.39 is 6.10 Å². The van der Waals surface area contributed by atoms with Crippen molar-refractivity contribution in [3.05, 3.63) is 35.4 Å². The summed E-state index contributed by atoms with van der Waals surface area (Å²) in [4.78, 5) is 11.0. The molecule has 6 heteroatoms. The van der Waals surface area contributed by atoms with E-state index in [2.05, 4.69) is 17.4 Å². The fraction of sp³-hybridized carbons (Fsp3) is 0.417. The number of carbonyl (C=O) groups is 1. The molecule has 2 unspecified atom stereocenters. The second-order valence-corrected chi connectivity index (χ2v) is 5.51. The Morgan fingerprint density at radius 2 is 2.39 bits per heavy atom. The minimum absolute atomic E-state index is 0.000234. The zero-order valence-electron chi connectivity index (χ0n) is 10.1. The van der Waals surface area contributed by atoms with Crippen LogP contribution in [0.5, 0.6) is 0 Å². The number of allylic oxidation sites excluding steroid dienone is 4. The van der Waals surface area contributed by atoms with Gasteiger partial charge in [-0.15, -0.1) is 11.8 Å². The van der Waals surface area contributed by atoms with Gasteiger partial charge < -0.3 is 5.11 Å². The summed E-state index contributed by atoms with van der Waals surface area (Å²) in [5, 5.41) is 9.91. The smallest absolute Gasteiger partial charge is 0.263 e. The average molecular weight is 289 g/mol. The van der Waals surface area contributed by atoms with Crippen molar-refractivity contribution in [3.8, 4) is 0 Å². The number of rotatable bonds is 5. The average Bonchev–Trinajstić information content (AvgIpc) is 2.33. The lowest BCUT2D eigenvalue weighted by Crippen LogP contribution is -2.54. The van der Waals surface area contributed by atoms with Gasteiger partial charge in [0.05, 0.1) is 5.37 Å². The number of halogens is 1. The van der Waals surface area contributed by atoms with Crippen molar-refractivity contribution < 1.29 is 9.90 Å². The molecule has 0 spiro atoms. The monoisotopic (exact) mass is 288 g/mol. The van der Waals surface area contributed by atoms with Crippen LogP contribution in [0.2, 0.25) is 0 Å². The number of hydrogen-bond donors (Lipinski definition) is 3. The van der Waals surface area contributed by atoms with Gasteiger partial charge in [0.2, 0.25) is 0 Å². The van der Waals surface area contributed by atoms with Gasteiger partial charge in [-0.05, 0) is 18.6 Å². The number of aliphatic hydroxyl groups is 1. The first kappa shape index (κ1) is 15.3. The second kappa shape index (κ2) is 7.63. The second-order valence-electron chi connectivity index (χ2n) is 3.83. The van der Waals surface area contributed by atoms with Crippen molar-refractivity contribution in [1.82, 2.24) is 10.9 Å². The van der Waals surface area contributed by atoms with Gasteiger partial charge in [0.15, 0.2) is 0 Å². The molecule has 0 aromatic rings. The van der Waals surface area contributed by atoms with Crippen LogP contribution < -0.4 is 10.9 Å². The van der Waals surface area contributed by atoms with Gasteiger partial charge >= 0.3 is 0 Å². The first-order chi connectivity index (χ1) is 8.52. The predicted molar refractivity (Wildman–Crippen MR) is 76.0 cm³/mol. The summed E-state index contributed by atoms with van der Waals surface area (Å²) in [6, 6.07) is 0. The number of carbonyl (C=O) groups excluding carboxylic acids is 1. The molecule has 0 bridgehead atoms. The maximum Gasteiger partial charge on any atom is 0.263 e. The molecule has 0 saturated carbocycles. The Hall–Kier alpha value is -0.750. The van der Waals surface area contributed by atoms with Crippen LogP contribution in [0.25, 0.3) is 0 Å². The standard InChI is InChI=1S/C12H17ClN2O2S/c1-3-9(5-4-8(2)13)7-18-11-6-10(16)12(17)15-14-11/h3-5,10-11,14,16H,2,6-7H2,1H3,(H,15,17). The summed E-state index contributed by atoms with van der Waals surface area (Å²) in [6.07, 6.45) is 5.10. The Morgan fingerprint density at radius 3 is 2.94 bits per heavy atom. The molecular formula is C12H17ClN2O2S. The number of nitrogens with one attached hydrogen (secondary N) is 2. The van der Waals surface area contributed by atoms with Crippen molar-refractivity contribution >= 4 is 29.3 Å². The molecule has 1 rings (SSSR count). The number of hydrazine groups is 1. The lowest BCUT2D eigenvalue weighted by atomic mass is 10.2. The van der Waals surface area contributed by atoms with Gasteiger partial charge in [-0.25, -0.2) is 5.43 Å². The molecule has 3 N–H and O–H groups in total. The van der Waals surface area contributed by atoms with E-state index in [-0.39, 0.29) is 11.3 Å². The van der Waals surface area contributed by atoms with E-state index in [4.69, 9.17) is 11.6 Å². The third-order valence-corrected chi connectivity index (χ3v) is 3.74. The van der Waals surface area contributed by atoms with Gasteiger partial charge in [-0.1, -0.05) is 30.3 Å². The summed E-state index contributed by atoms with van der Waals surface area (Å²) >= 11 is 7.26. The highest BCUT2D eigenvalue weighted by Crippen LogP contribution is 2.20. The minimum Gasteiger partial charge on any atom is -0.383 e. The normalized spacial score (nSPS) is 25.3. The summed E-state index contributed by atoms with van der Waals surface area (Å²) < 4.78 is 0. The number of amides is 1. The molecular weight excluding hydrogens is 272 g/mol. The van der Waals surface area contributed by atoms with E-state index in [9.17, 15) is 9.90 Å². The van der Waals surface area contributed by atoms with Crippen LogP contribution in [0.4, 0.5) is 0 Å². The summed E-state index contributed by atoms with van der Waals surface area (Å²) in [7, 11) is 0. The largest absolute Gasteiger partial charge is 0.383 e. The molecule has 0 aliphatic carbocycles. The van der Waals surface area contributed by atoms with E-state index in [1.807, 2.05) is 19.1 Å². The molecule has 100 valence electrons. The van der Waals surface area contributed by atoms with Crippen molar-refractivity contribution in [3.63, 3.8) is 0 Å². The molecule has 1 aliphatic rings. The van der Waals surface area contributed by atoms with E-state index in [0.29, 0.717) is 11.5 Å². The van der Waals surface area contributed by atoms with Crippen molar-refractivity contribution in [2.75, 3.05) is 5.75 Å². The van der Waals surface area contributed by atoms with Crippen molar-refractivity contribution in [2.24, 2.45) is 0 Å². The van der Waals surface area contributed by atoms with E-state index in [0.717, 1.165) is 11.3 Å². The van der Waals surface area contributed by atoms with Gasteiger partial charge in [-0.2, -0.15) is 0 Å². The SMILES string of the molecule is C=C(Cl)C=CC(=CC)CSC1CC(O)C(=O)NN1. The Balaban J connectivity index is 2.40. The molecule has 18 heavy (non-hydrogen) atoms. The lowest BCUT2D eigenvalue weighted by Gasteiger charge is -2.26. The summed E-state index contributed by atoms with van der Waals surface area (Å²) in [5.41, 5.74) is 6.40. The maximum absolute atomic E-state index is 11.0. The van der Waals surface area contributed by atoms with Crippen molar-refractivity contribution in [1.29, 1.82) is 0 Å². The molecule has 0 aromatic carbocycles. The van der Waals surface area contributed by atoms with Crippen LogP contribution in [0.3, 0.4) is 0 Å². The molecule has 1 amide bonds. The topological polar surface area (TPSA) is 61.4 Å². The Morgan fingerprint density at radius 1 is 1.67 bits per heavy atom. The Bertz CT molecular complexity index is 382. The number of aliphatic hydroxyl groups excluding tert-OH is 1. The molecule has 0 radical (unpaired) electrons. The fourth-order valence-corrected chi connectivity index (χ4v) is 2.52. The van der Waals surface area contributed by atoms with Crippen LogP contribution >= 0.6 is 23.4 Å². The van der Waals surface area contributed by atoms with Crippen molar-refractivity contribution in [2.45, 2.75) is 24.8 Å². The van der Waals surface area contributed by atoms with Crippen LogP contribution in [-0.2, 0) is 4.79 Å². The van der Waals surface area contributed by atoms with Crippen LogP contribution in [0, 0.1) is 0 Å². The van der Waals surface area contributed by atoms with E-state index in [1.165, 1.54) is 0 Å². The summed E-state index contributed by atoms with van der Waals surface area (Å²) in [5.74, 6) is 0.383. The first-order valence-electron chi connectivity index (χ1n) is 5.55. The molecule has 1 heterocycles. The Kier molecular flexibility index (Phi) is 6.49. The molecule has 4 nitrogen and oxygen atoms in total. The highest BCUT2D eigenvalue weighted by Gasteiger charge is 2.26. The molecule has 0 aromatic heterocycles. The molecule has 2 atom stereocenters. The first-order valence-corrected chi connectivity index (χ1v) is 6.98. The fourth-order valence-electron chi connectivity index (χ4n) is 1.34. The quantitative estimate of drug-likeness (QED) is 0.674. The zero-order chi connectivity index (χ0) is 13.5.